The van der Waals surface area contributed by atoms with Gasteiger partial charge in [-0.1, -0.05) is 42.4 Å². The van der Waals surface area contributed by atoms with Gasteiger partial charge in [0.2, 0.25) is 17.6 Å². The number of benzene rings is 2. The number of hydrogen-bond acceptors (Lipinski definition) is 8. The summed E-state index contributed by atoms with van der Waals surface area (Å²) in [5, 5.41) is 7.38. The molecule has 4 amide bonds. The van der Waals surface area contributed by atoms with Crippen LogP contribution in [0.5, 0.6) is 11.5 Å². The molecule has 0 bridgehead atoms. The van der Waals surface area contributed by atoms with E-state index in [2.05, 4.69) is 20.9 Å². The van der Waals surface area contributed by atoms with Crippen molar-refractivity contribution in [2.45, 2.75) is 31.7 Å². The minimum absolute atomic E-state index is 0.0743. The summed E-state index contributed by atoms with van der Waals surface area (Å²) in [5.74, 6) is 0.553. The van der Waals surface area contributed by atoms with Gasteiger partial charge in [0.15, 0.2) is 11.5 Å². The summed E-state index contributed by atoms with van der Waals surface area (Å²) >= 11 is 0. The number of ether oxygens (including phenoxy) is 2. The molecule has 0 saturated carbocycles. The number of methoxy groups -OCH3 is 2. The third kappa shape index (κ3) is 4.52. The van der Waals surface area contributed by atoms with Crippen molar-refractivity contribution in [2.75, 3.05) is 14.2 Å². The molecule has 2 heterocycles. The van der Waals surface area contributed by atoms with Crippen LogP contribution in [0.2, 0.25) is 0 Å². The maximum absolute atomic E-state index is 13.1. The molecule has 0 spiro atoms. The number of hydrogen-bond donors (Lipinski definition) is 2. The van der Waals surface area contributed by atoms with Crippen LogP contribution in [-0.4, -0.2) is 47.2 Å². The van der Waals surface area contributed by atoms with Gasteiger partial charge in [-0.15, -0.1) is 0 Å². The van der Waals surface area contributed by atoms with Crippen molar-refractivity contribution in [1.82, 2.24) is 25.9 Å². The normalized spacial score (nSPS) is 17.3. The monoisotopic (exact) mass is 479 g/mol. The molecule has 2 aromatic carbocycles. The SMILES string of the molecule is CCC1(c2ccccc2)NC(=O)N(NC(=O)CCc2nc(-c3ccc(OC)c(OC)c3)no2)C1=O. The van der Waals surface area contributed by atoms with E-state index in [0.717, 1.165) is 5.01 Å². The van der Waals surface area contributed by atoms with E-state index in [-0.39, 0.29) is 18.7 Å². The average Bonchev–Trinajstić information content (AvgIpc) is 3.46. The summed E-state index contributed by atoms with van der Waals surface area (Å²) in [6.45, 7) is 1.79. The number of nitrogens with zero attached hydrogens (tertiary/aromatic N) is 3. The van der Waals surface area contributed by atoms with E-state index in [1.54, 1.807) is 49.4 Å². The largest absolute Gasteiger partial charge is 0.493 e. The Kier molecular flexibility index (Phi) is 6.67. The smallest absolute Gasteiger partial charge is 0.344 e. The highest BCUT2D eigenvalue weighted by Crippen LogP contribution is 2.32. The summed E-state index contributed by atoms with van der Waals surface area (Å²) in [4.78, 5) is 42.5. The zero-order chi connectivity index (χ0) is 25.0. The molecule has 4 rings (SSSR count). The van der Waals surface area contributed by atoms with Crippen LogP contribution < -0.4 is 20.2 Å². The molecule has 0 aliphatic carbocycles. The van der Waals surface area contributed by atoms with Gasteiger partial charge in [0.05, 0.1) is 14.2 Å². The van der Waals surface area contributed by atoms with Crippen molar-refractivity contribution >= 4 is 17.8 Å². The zero-order valence-corrected chi connectivity index (χ0v) is 19.5. The van der Waals surface area contributed by atoms with E-state index >= 15 is 0 Å². The molecule has 1 aliphatic heterocycles. The van der Waals surface area contributed by atoms with E-state index in [1.807, 2.05) is 6.07 Å². The lowest BCUT2D eigenvalue weighted by Crippen LogP contribution is -2.48. The number of urea groups is 1. The Morgan fingerprint density at radius 1 is 1.11 bits per heavy atom. The molecule has 11 nitrogen and oxygen atoms in total. The van der Waals surface area contributed by atoms with Crippen molar-refractivity contribution in [2.24, 2.45) is 0 Å². The molecule has 1 atom stereocenters. The number of aryl methyl sites for hydroxylation is 1. The molecular formula is C24H25N5O6. The second-order valence-corrected chi connectivity index (χ2v) is 7.81. The van der Waals surface area contributed by atoms with E-state index < -0.39 is 23.4 Å². The molecule has 182 valence electrons. The van der Waals surface area contributed by atoms with Gasteiger partial charge in [0, 0.05) is 18.4 Å². The van der Waals surface area contributed by atoms with E-state index in [1.165, 1.54) is 14.2 Å². The van der Waals surface area contributed by atoms with Gasteiger partial charge in [0.1, 0.15) is 5.54 Å². The summed E-state index contributed by atoms with van der Waals surface area (Å²) in [6.07, 6.45) is 0.372. The quantitative estimate of drug-likeness (QED) is 0.447. The molecule has 1 saturated heterocycles. The molecule has 1 aromatic heterocycles. The highest BCUT2D eigenvalue weighted by atomic mass is 16.5. The molecule has 1 fully saturated rings. The van der Waals surface area contributed by atoms with Crippen LogP contribution in [0.1, 0.15) is 31.2 Å². The van der Waals surface area contributed by atoms with Gasteiger partial charge in [0.25, 0.3) is 5.91 Å². The molecule has 0 radical (unpaired) electrons. The third-order valence-corrected chi connectivity index (χ3v) is 5.80. The summed E-state index contributed by atoms with van der Waals surface area (Å²) < 4.78 is 15.8. The zero-order valence-electron chi connectivity index (χ0n) is 19.5. The lowest BCUT2D eigenvalue weighted by molar-refractivity contribution is -0.139. The van der Waals surface area contributed by atoms with Crippen LogP contribution in [0.25, 0.3) is 11.4 Å². The predicted molar refractivity (Wildman–Crippen MR) is 123 cm³/mol. The number of nitrogens with one attached hydrogen (secondary N) is 2. The number of amides is 4. The van der Waals surface area contributed by atoms with Gasteiger partial charge in [-0.25, -0.2) is 4.79 Å². The van der Waals surface area contributed by atoms with Gasteiger partial charge >= 0.3 is 6.03 Å². The maximum Gasteiger partial charge on any atom is 0.344 e. The molecule has 35 heavy (non-hydrogen) atoms. The molecule has 11 heteroatoms. The summed E-state index contributed by atoms with van der Waals surface area (Å²) in [6, 6.07) is 13.4. The van der Waals surface area contributed by atoms with Crippen molar-refractivity contribution in [3.63, 3.8) is 0 Å². The highest BCUT2D eigenvalue weighted by Gasteiger charge is 2.52. The summed E-state index contributed by atoms with van der Waals surface area (Å²) in [7, 11) is 3.07. The average molecular weight is 479 g/mol. The lowest BCUT2D eigenvalue weighted by Gasteiger charge is -2.25. The first-order valence-corrected chi connectivity index (χ1v) is 11.0. The van der Waals surface area contributed by atoms with Crippen LogP contribution in [0, 0.1) is 0 Å². The first kappa shape index (κ1) is 23.7. The van der Waals surface area contributed by atoms with Crippen molar-refractivity contribution in [3.05, 3.63) is 60.0 Å². The number of imide groups is 1. The fourth-order valence-corrected chi connectivity index (χ4v) is 3.89. The van der Waals surface area contributed by atoms with E-state index in [0.29, 0.717) is 34.9 Å². The molecule has 3 aromatic rings. The Morgan fingerprint density at radius 3 is 2.54 bits per heavy atom. The number of carbonyl (C=O) groups is 3. The van der Waals surface area contributed by atoms with E-state index in [9.17, 15) is 14.4 Å². The van der Waals surface area contributed by atoms with Gasteiger partial charge in [-0.3, -0.25) is 15.0 Å². The van der Waals surface area contributed by atoms with Gasteiger partial charge in [-0.2, -0.15) is 9.99 Å². The Balaban J connectivity index is 1.39. The number of hydrazine groups is 1. The van der Waals surface area contributed by atoms with Crippen molar-refractivity contribution in [1.29, 1.82) is 0 Å². The van der Waals surface area contributed by atoms with Crippen LogP contribution in [0.15, 0.2) is 53.1 Å². The Labute approximate surface area is 201 Å². The number of rotatable bonds is 9. The minimum Gasteiger partial charge on any atom is -0.493 e. The van der Waals surface area contributed by atoms with Gasteiger partial charge < -0.3 is 19.3 Å². The molecular weight excluding hydrogens is 454 g/mol. The second kappa shape index (κ2) is 9.84. The Hall–Kier alpha value is -4.41. The minimum atomic E-state index is -1.23. The van der Waals surface area contributed by atoms with Crippen molar-refractivity contribution < 1.29 is 28.4 Å². The number of carbonyl (C=O) groups excluding carboxylic acids is 3. The highest BCUT2D eigenvalue weighted by molar-refractivity contribution is 6.08. The Morgan fingerprint density at radius 2 is 1.86 bits per heavy atom. The first-order chi connectivity index (χ1) is 16.9. The van der Waals surface area contributed by atoms with Crippen LogP contribution >= 0.6 is 0 Å². The fourth-order valence-electron chi connectivity index (χ4n) is 3.89. The molecule has 1 unspecified atom stereocenters. The van der Waals surface area contributed by atoms with Crippen LogP contribution in [0.3, 0.4) is 0 Å². The first-order valence-electron chi connectivity index (χ1n) is 11.0. The third-order valence-electron chi connectivity index (χ3n) is 5.80. The van der Waals surface area contributed by atoms with Crippen LogP contribution in [-0.2, 0) is 21.5 Å². The van der Waals surface area contributed by atoms with Gasteiger partial charge in [-0.05, 0) is 30.2 Å². The van der Waals surface area contributed by atoms with E-state index in [4.69, 9.17) is 14.0 Å². The molecule has 2 N–H and O–H groups in total. The standard InChI is InChI=1S/C24H25N5O6/c1-4-24(16-8-6-5-7-9-16)22(31)29(23(32)26-24)27-19(30)12-13-20-25-21(28-35-20)15-10-11-17(33-2)18(14-15)34-3/h5-11,14H,4,12-13H2,1-3H3,(H,26,32)(H,27,30). The summed E-state index contributed by atoms with van der Waals surface area (Å²) in [5.41, 5.74) is 2.45. The molecule has 1 aliphatic rings. The van der Waals surface area contributed by atoms with Crippen LogP contribution in [0.4, 0.5) is 4.79 Å². The topological polar surface area (TPSA) is 136 Å². The Bertz CT molecular complexity index is 1240. The maximum atomic E-state index is 13.1. The lowest BCUT2D eigenvalue weighted by atomic mass is 9.87. The van der Waals surface area contributed by atoms with Crippen molar-refractivity contribution in [3.8, 4) is 22.9 Å². The number of aromatic nitrogens is 2. The fraction of sp³-hybridized carbons (Fsp3) is 0.292. The second-order valence-electron chi connectivity index (χ2n) is 7.81. The predicted octanol–water partition coefficient (Wildman–Crippen LogP) is 2.57.